The Labute approximate surface area is 172 Å². The molecule has 0 saturated carbocycles. The first-order valence-electron chi connectivity index (χ1n) is 8.99. The van der Waals surface area contributed by atoms with Crippen LogP contribution in [0.2, 0.25) is 0 Å². The molecule has 28 heavy (non-hydrogen) atoms. The van der Waals surface area contributed by atoms with E-state index in [0.717, 1.165) is 21.2 Å². The van der Waals surface area contributed by atoms with Crippen molar-refractivity contribution in [2.45, 2.75) is 18.4 Å². The number of primary amides is 1. The van der Waals surface area contributed by atoms with E-state index in [0.29, 0.717) is 6.42 Å². The molecule has 0 aliphatic rings. The number of nitrogens with two attached hydrogens (primary N) is 1. The monoisotopic (exact) mass is 436 g/mol. The summed E-state index contributed by atoms with van der Waals surface area (Å²) in [5, 5.41) is 2.85. The lowest BCUT2D eigenvalue weighted by molar-refractivity contribution is -0.127. The van der Waals surface area contributed by atoms with Crippen molar-refractivity contribution in [3.63, 3.8) is 0 Å². The van der Waals surface area contributed by atoms with Crippen LogP contribution in [0.25, 0.3) is 0 Å². The molecule has 4 nitrogen and oxygen atoms in total. The van der Waals surface area contributed by atoms with Gasteiger partial charge in [0.05, 0.1) is 5.92 Å². The minimum Gasteiger partial charge on any atom is -0.368 e. The fraction of sp³-hybridized carbons (Fsp3) is 0.130. The number of carbonyl (C=O) groups excluding carboxylic acids is 2. The Hall–Kier alpha value is -2.92. The standard InChI is InChI=1S/C23H21BrN2O2/c24-19-14-8-7-13-18(19)15-20(22(25)27)26-23(28)21(16-9-3-1-4-10-16)17-11-5-2-6-12-17/h1-14,20-21H,15H2,(H2,25,27)(H,26,28)/t20-/m0/s1. The minimum atomic E-state index is -0.805. The van der Waals surface area contributed by atoms with Crippen molar-refractivity contribution < 1.29 is 9.59 Å². The van der Waals surface area contributed by atoms with Gasteiger partial charge in [-0.05, 0) is 22.8 Å². The maximum Gasteiger partial charge on any atom is 0.240 e. The first-order valence-corrected chi connectivity index (χ1v) is 9.78. The molecular weight excluding hydrogens is 416 g/mol. The smallest absolute Gasteiger partial charge is 0.240 e. The number of carbonyl (C=O) groups is 2. The number of nitrogens with one attached hydrogen (secondary N) is 1. The largest absolute Gasteiger partial charge is 0.368 e. The summed E-state index contributed by atoms with van der Waals surface area (Å²) in [5.41, 5.74) is 8.21. The van der Waals surface area contributed by atoms with Crippen LogP contribution in [-0.4, -0.2) is 17.9 Å². The number of halogens is 1. The minimum absolute atomic E-state index is 0.256. The molecule has 3 N–H and O–H groups in total. The zero-order chi connectivity index (χ0) is 19.9. The summed E-state index contributed by atoms with van der Waals surface area (Å²) in [5.74, 6) is -1.35. The van der Waals surface area contributed by atoms with Crippen LogP contribution >= 0.6 is 15.9 Å². The van der Waals surface area contributed by atoms with Crippen molar-refractivity contribution in [2.24, 2.45) is 5.73 Å². The Morgan fingerprint density at radius 1 is 0.821 bits per heavy atom. The Bertz CT molecular complexity index is 906. The third kappa shape index (κ3) is 4.87. The summed E-state index contributed by atoms with van der Waals surface area (Å²) in [6.07, 6.45) is 0.318. The molecular formula is C23H21BrN2O2. The molecule has 0 spiro atoms. The molecule has 0 aromatic heterocycles. The third-order valence-electron chi connectivity index (χ3n) is 4.57. The summed E-state index contributed by atoms with van der Waals surface area (Å²) in [6, 6.07) is 25.8. The second-order valence-electron chi connectivity index (χ2n) is 6.51. The molecule has 0 fully saturated rings. The van der Waals surface area contributed by atoms with E-state index in [-0.39, 0.29) is 5.91 Å². The molecule has 142 valence electrons. The van der Waals surface area contributed by atoms with Crippen molar-refractivity contribution in [3.8, 4) is 0 Å². The lowest BCUT2D eigenvalue weighted by Gasteiger charge is -2.22. The van der Waals surface area contributed by atoms with Gasteiger partial charge in [0.15, 0.2) is 0 Å². The van der Waals surface area contributed by atoms with Gasteiger partial charge in [0, 0.05) is 10.9 Å². The predicted octanol–water partition coefficient (Wildman–Crippen LogP) is 3.79. The fourth-order valence-corrected chi connectivity index (χ4v) is 3.59. The lowest BCUT2D eigenvalue weighted by Crippen LogP contribution is -2.47. The molecule has 0 unspecified atom stereocenters. The van der Waals surface area contributed by atoms with Crippen LogP contribution in [0, 0.1) is 0 Å². The highest BCUT2D eigenvalue weighted by molar-refractivity contribution is 9.10. The van der Waals surface area contributed by atoms with Gasteiger partial charge in [0.1, 0.15) is 6.04 Å². The van der Waals surface area contributed by atoms with Gasteiger partial charge in [-0.1, -0.05) is 94.8 Å². The molecule has 5 heteroatoms. The quantitative estimate of drug-likeness (QED) is 0.591. The maximum atomic E-state index is 13.2. The molecule has 2 amide bonds. The van der Waals surface area contributed by atoms with Crippen LogP contribution in [-0.2, 0) is 16.0 Å². The number of amides is 2. The van der Waals surface area contributed by atoms with E-state index in [1.165, 1.54) is 0 Å². The van der Waals surface area contributed by atoms with Gasteiger partial charge in [-0.3, -0.25) is 9.59 Å². The van der Waals surface area contributed by atoms with E-state index in [9.17, 15) is 9.59 Å². The van der Waals surface area contributed by atoms with Crippen LogP contribution in [0.3, 0.4) is 0 Å². The molecule has 1 atom stereocenters. The number of hydrogen-bond donors (Lipinski definition) is 2. The molecule has 0 aliphatic carbocycles. The summed E-state index contributed by atoms with van der Waals surface area (Å²) in [7, 11) is 0. The molecule has 3 aromatic rings. The van der Waals surface area contributed by atoms with Crippen LogP contribution in [0.4, 0.5) is 0 Å². The predicted molar refractivity (Wildman–Crippen MR) is 114 cm³/mol. The normalized spacial score (nSPS) is 11.8. The average molecular weight is 437 g/mol. The zero-order valence-electron chi connectivity index (χ0n) is 15.2. The van der Waals surface area contributed by atoms with Crippen LogP contribution in [0.5, 0.6) is 0 Å². The van der Waals surface area contributed by atoms with Crippen molar-refractivity contribution in [1.29, 1.82) is 0 Å². The summed E-state index contributed by atoms with van der Waals surface area (Å²) in [4.78, 5) is 25.2. The Kier molecular flexibility index (Phi) is 6.61. The number of rotatable bonds is 7. The van der Waals surface area contributed by atoms with Crippen molar-refractivity contribution in [2.75, 3.05) is 0 Å². The van der Waals surface area contributed by atoms with E-state index >= 15 is 0 Å². The van der Waals surface area contributed by atoms with E-state index in [4.69, 9.17) is 5.73 Å². The van der Waals surface area contributed by atoms with Gasteiger partial charge < -0.3 is 11.1 Å². The van der Waals surface area contributed by atoms with Gasteiger partial charge in [0.25, 0.3) is 0 Å². The maximum absolute atomic E-state index is 13.2. The van der Waals surface area contributed by atoms with Gasteiger partial charge in [-0.25, -0.2) is 0 Å². The van der Waals surface area contributed by atoms with E-state index in [1.807, 2.05) is 84.9 Å². The highest BCUT2D eigenvalue weighted by atomic mass is 79.9. The van der Waals surface area contributed by atoms with Gasteiger partial charge in [-0.2, -0.15) is 0 Å². The molecule has 0 aliphatic heterocycles. The van der Waals surface area contributed by atoms with Crippen molar-refractivity contribution in [1.82, 2.24) is 5.32 Å². The molecule has 3 rings (SSSR count). The highest BCUT2D eigenvalue weighted by Crippen LogP contribution is 2.25. The Balaban J connectivity index is 1.87. The second kappa shape index (κ2) is 9.33. The zero-order valence-corrected chi connectivity index (χ0v) is 16.8. The summed E-state index contributed by atoms with van der Waals surface area (Å²) in [6.45, 7) is 0. The molecule has 0 heterocycles. The van der Waals surface area contributed by atoms with Crippen LogP contribution in [0.1, 0.15) is 22.6 Å². The van der Waals surface area contributed by atoms with Crippen molar-refractivity contribution in [3.05, 3.63) is 106 Å². The van der Waals surface area contributed by atoms with E-state index in [1.54, 1.807) is 0 Å². The SMILES string of the molecule is NC(=O)[C@H](Cc1ccccc1Br)NC(=O)C(c1ccccc1)c1ccccc1. The van der Waals surface area contributed by atoms with Crippen LogP contribution in [0.15, 0.2) is 89.4 Å². The molecule has 0 bridgehead atoms. The third-order valence-corrected chi connectivity index (χ3v) is 5.34. The van der Waals surface area contributed by atoms with Crippen molar-refractivity contribution >= 4 is 27.7 Å². The summed E-state index contributed by atoms with van der Waals surface area (Å²) >= 11 is 3.48. The Morgan fingerprint density at radius 2 is 1.32 bits per heavy atom. The summed E-state index contributed by atoms with van der Waals surface area (Å²) < 4.78 is 0.873. The topological polar surface area (TPSA) is 72.2 Å². The number of hydrogen-bond acceptors (Lipinski definition) is 2. The average Bonchev–Trinajstić information content (AvgIpc) is 2.71. The Morgan fingerprint density at radius 3 is 1.82 bits per heavy atom. The van der Waals surface area contributed by atoms with Gasteiger partial charge >= 0.3 is 0 Å². The first-order chi connectivity index (χ1) is 13.6. The molecule has 0 saturated heterocycles. The molecule has 3 aromatic carbocycles. The lowest BCUT2D eigenvalue weighted by atomic mass is 9.90. The van der Waals surface area contributed by atoms with E-state index < -0.39 is 17.9 Å². The fourth-order valence-electron chi connectivity index (χ4n) is 3.15. The highest BCUT2D eigenvalue weighted by Gasteiger charge is 2.27. The second-order valence-corrected chi connectivity index (χ2v) is 7.37. The van der Waals surface area contributed by atoms with Crippen LogP contribution < -0.4 is 11.1 Å². The van der Waals surface area contributed by atoms with Gasteiger partial charge in [-0.15, -0.1) is 0 Å². The number of benzene rings is 3. The first kappa shape index (κ1) is 19.8. The molecule has 0 radical (unpaired) electrons. The van der Waals surface area contributed by atoms with Gasteiger partial charge in [0.2, 0.25) is 11.8 Å². The van der Waals surface area contributed by atoms with E-state index in [2.05, 4.69) is 21.2 Å².